The number of nitro groups is 1. The van der Waals surface area contributed by atoms with Crippen LogP contribution in [0.5, 0.6) is 0 Å². The topological polar surface area (TPSA) is 102 Å². The first kappa shape index (κ1) is 15.4. The van der Waals surface area contributed by atoms with Crippen molar-refractivity contribution in [2.45, 2.75) is 13.8 Å². The predicted molar refractivity (Wildman–Crippen MR) is 80.5 cm³/mol. The standard InChI is InChI=1S/C15H14N2O5/c1-3-22-15(19)13-9(2)16-12(14(13)18)8-10-4-6-11(7-5-10)17(20)21/h4-8,18H,3H2,1-2H3/b12-8+. The number of nitro benzene ring substituents is 1. The molecule has 0 unspecified atom stereocenters. The van der Waals surface area contributed by atoms with Gasteiger partial charge in [0.1, 0.15) is 11.3 Å². The minimum atomic E-state index is -0.631. The molecule has 0 bridgehead atoms. The number of ether oxygens (including phenoxy) is 1. The van der Waals surface area contributed by atoms with E-state index in [-0.39, 0.29) is 29.3 Å². The van der Waals surface area contributed by atoms with E-state index >= 15 is 0 Å². The highest BCUT2D eigenvalue weighted by Gasteiger charge is 2.27. The molecule has 0 atom stereocenters. The van der Waals surface area contributed by atoms with Gasteiger partial charge in [-0.3, -0.25) is 10.1 Å². The van der Waals surface area contributed by atoms with E-state index < -0.39 is 10.9 Å². The molecule has 0 radical (unpaired) electrons. The van der Waals surface area contributed by atoms with Crippen LogP contribution in [-0.4, -0.2) is 28.3 Å². The molecule has 1 aliphatic rings. The molecule has 0 aliphatic carbocycles. The van der Waals surface area contributed by atoms with E-state index in [1.807, 2.05) is 0 Å². The first-order chi connectivity index (χ1) is 10.4. The van der Waals surface area contributed by atoms with Gasteiger partial charge in [0.25, 0.3) is 5.69 Å². The number of rotatable bonds is 4. The van der Waals surface area contributed by atoms with Crippen molar-refractivity contribution in [3.05, 3.63) is 57.0 Å². The monoisotopic (exact) mass is 302 g/mol. The third-order valence-electron chi connectivity index (χ3n) is 3.02. The van der Waals surface area contributed by atoms with Gasteiger partial charge in [-0.05, 0) is 37.6 Å². The largest absolute Gasteiger partial charge is 0.505 e. The Morgan fingerprint density at radius 3 is 2.59 bits per heavy atom. The summed E-state index contributed by atoms with van der Waals surface area (Å²) in [4.78, 5) is 26.0. The summed E-state index contributed by atoms with van der Waals surface area (Å²) in [6.07, 6.45) is 1.54. The average molecular weight is 302 g/mol. The summed E-state index contributed by atoms with van der Waals surface area (Å²) in [5.74, 6) is -0.886. The summed E-state index contributed by atoms with van der Waals surface area (Å²) < 4.78 is 4.87. The number of aliphatic hydroxyl groups is 1. The van der Waals surface area contributed by atoms with Gasteiger partial charge in [0, 0.05) is 12.1 Å². The van der Waals surface area contributed by atoms with Gasteiger partial charge in [0.05, 0.1) is 17.2 Å². The highest BCUT2D eigenvalue weighted by molar-refractivity contribution is 6.22. The zero-order valence-corrected chi connectivity index (χ0v) is 12.1. The van der Waals surface area contributed by atoms with E-state index in [0.717, 1.165) is 0 Å². The molecule has 0 amide bonds. The quantitative estimate of drug-likeness (QED) is 0.523. The van der Waals surface area contributed by atoms with E-state index in [2.05, 4.69) is 4.99 Å². The third kappa shape index (κ3) is 3.03. The Morgan fingerprint density at radius 2 is 2.05 bits per heavy atom. The summed E-state index contributed by atoms with van der Waals surface area (Å²) in [5, 5.41) is 20.7. The second-order valence-corrected chi connectivity index (χ2v) is 4.52. The molecule has 0 fully saturated rings. The van der Waals surface area contributed by atoms with Crippen molar-refractivity contribution in [2.75, 3.05) is 6.61 Å². The molecular formula is C15H14N2O5. The summed E-state index contributed by atoms with van der Waals surface area (Å²) in [5.41, 5.74) is 1.21. The van der Waals surface area contributed by atoms with Gasteiger partial charge >= 0.3 is 5.97 Å². The van der Waals surface area contributed by atoms with Crippen LogP contribution >= 0.6 is 0 Å². The molecule has 0 saturated heterocycles. The van der Waals surface area contributed by atoms with Gasteiger partial charge < -0.3 is 9.84 Å². The van der Waals surface area contributed by atoms with Crippen LogP contribution in [0.15, 0.2) is 46.3 Å². The Hall–Kier alpha value is -2.96. The van der Waals surface area contributed by atoms with Crippen LogP contribution in [0, 0.1) is 10.1 Å². The Kier molecular flexibility index (Phi) is 4.36. The number of hydrogen-bond donors (Lipinski definition) is 1. The smallest absolute Gasteiger partial charge is 0.343 e. The molecule has 0 spiro atoms. The summed E-state index contributed by atoms with van der Waals surface area (Å²) in [6.45, 7) is 3.47. The third-order valence-corrected chi connectivity index (χ3v) is 3.02. The molecule has 0 saturated carbocycles. The minimum Gasteiger partial charge on any atom is -0.505 e. The predicted octanol–water partition coefficient (Wildman–Crippen LogP) is 2.79. The van der Waals surface area contributed by atoms with Gasteiger partial charge in [-0.1, -0.05) is 0 Å². The number of carbonyl (C=O) groups excluding carboxylic acids is 1. The molecule has 0 aromatic heterocycles. The van der Waals surface area contributed by atoms with Crippen LogP contribution in [0.3, 0.4) is 0 Å². The highest BCUT2D eigenvalue weighted by atomic mass is 16.6. The summed E-state index contributed by atoms with van der Waals surface area (Å²) in [6, 6.07) is 5.77. The Balaban J connectivity index is 2.33. The fourth-order valence-electron chi connectivity index (χ4n) is 1.99. The van der Waals surface area contributed by atoms with E-state index in [1.165, 1.54) is 30.3 Å². The molecule has 7 heteroatoms. The number of benzene rings is 1. The zero-order valence-electron chi connectivity index (χ0n) is 12.1. The van der Waals surface area contributed by atoms with Crippen LogP contribution in [0.25, 0.3) is 6.08 Å². The van der Waals surface area contributed by atoms with Gasteiger partial charge in [0.15, 0.2) is 5.76 Å². The van der Waals surface area contributed by atoms with Gasteiger partial charge in [-0.2, -0.15) is 0 Å². The zero-order chi connectivity index (χ0) is 16.3. The lowest BCUT2D eigenvalue weighted by Crippen LogP contribution is -2.13. The maximum absolute atomic E-state index is 11.8. The van der Waals surface area contributed by atoms with Crippen molar-refractivity contribution in [3.8, 4) is 0 Å². The normalized spacial score (nSPS) is 15.9. The molecule has 1 heterocycles. The second kappa shape index (κ2) is 6.21. The fraction of sp³-hybridized carbons (Fsp3) is 0.200. The van der Waals surface area contributed by atoms with Crippen molar-refractivity contribution in [2.24, 2.45) is 4.99 Å². The molecular weight excluding hydrogens is 288 g/mol. The van der Waals surface area contributed by atoms with E-state index in [9.17, 15) is 20.0 Å². The Labute approximate surface area is 126 Å². The molecule has 1 aliphatic heterocycles. The number of nitrogens with zero attached hydrogens (tertiary/aromatic N) is 2. The van der Waals surface area contributed by atoms with Crippen molar-refractivity contribution in [3.63, 3.8) is 0 Å². The first-order valence-corrected chi connectivity index (χ1v) is 6.56. The number of carbonyl (C=O) groups is 1. The number of hydrogen-bond acceptors (Lipinski definition) is 6. The van der Waals surface area contributed by atoms with E-state index in [0.29, 0.717) is 11.3 Å². The molecule has 2 rings (SSSR count). The first-order valence-electron chi connectivity index (χ1n) is 6.56. The molecule has 22 heavy (non-hydrogen) atoms. The SMILES string of the molecule is CCOC(=O)C1=C(O)/C(=C\c2ccc([N+](=O)[O-])cc2)N=C1C. The lowest BCUT2D eigenvalue weighted by Gasteiger charge is -2.02. The van der Waals surface area contributed by atoms with Crippen molar-refractivity contribution < 1.29 is 19.6 Å². The number of aliphatic imine (C=N–C) groups is 1. The molecule has 7 nitrogen and oxygen atoms in total. The Morgan fingerprint density at radius 1 is 1.41 bits per heavy atom. The lowest BCUT2D eigenvalue weighted by molar-refractivity contribution is -0.384. The molecule has 1 aromatic rings. The summed E-state index contributed by atoms with van der Waals surface area (Å²) in [7, 11) is 0. The molecule has 1 aromatic carbocycles. The van der Waals surface area contributed by atoms with Gasteiger partial charge in [0.2, 0.25) is 0 Å². The van der Waals surface area contributed by atoms with E-state index in [1.54, 1.807) is 13.8 Å². The number of aliphatic hydroxyl groups excluding tert-OH is 1. The van der Waals surface area contributed by atoms with Crippen LogP contribution in [0.4, 0.5) is 5.69 Å². The van der Waals surface area contributed by atoms with Crippen molar-refractivity contribution >= 4 is 23.4 Å². The summed E-state index contributed by atoms with van der Waals surface area (Å²) >= 11 is 0. The van der Waals surface area contributed by atoms with Crippen LogP contribution in [0.1, 0.15) is 19.4 Å². The van der Waals surface area contributed by atoms with Crippen LogP contribution < -0.4 is 0 Å². The molecule has 1 N–H and O–H groups in total. The Bertz CT molecular complexity index is 714. The van der Waals surface area contributed by atoms with Crippen LogP contribution in [-0.2, 0) is 9.53 Å². The number of esters is 1. The maximum atomic E-state index is 11.8. The minimum absolute atomic E-state index is 0.0276. The fourth-order valence-corrected chi connectivity index (χ4v) is 1.99. The van der Waals surface area contributed by atoms with Gasteiger partial charge in [-0.15, -0.1) is 0 Å². The van der Waals surface area contributed by atoms with Crippen molar-refractivity contribution in [1.29, 1.82) is 0 Å². The number of non-ortho nitro benzene ring substituents is 1. The lowest BCUT2D eigenvalue weighted by atomic mass is 10.1. The van der Waals surface area contributed by atoms with Crippen LogP contribution in [0.2, 0.25) is 0 Å². The molecule has 114 valence electrons. The van der Waals surface area contributed by atoms with Gasteiger partial charge in [-0.25, -0.2) is 9.79 Å². The maximum Gasteiger partial charge on any atom is 0.343 e. The van der Waals surface area contributed by atoms with Crippen molar-refractivity contribution in [1.82, 2.24) is 0 Å². The second-order valence-electron chi connectivity index (χ2n) is 4.52. The highest BCUT2D eigenvalue weighted by Crippen LogP contribution is 2.26. The van der Waals surface area contributed by atoms with E-state index in [4.69, 9.17) is 4.74 Å². The average Bonchev–Trinajstić information content (AvgIpc) is 2.74.